The number of esters is 1. The number of carbonyl (C=O) groups excluding carboxylic acids is 2. The second kappa shape index (κ2) is 9.14. The zero-order valence-corrected chi connectivity index (χ0v) is 15.1. The van der Waals surface area contributed by atoms with Gasteiger partial charge in [0.25, 0.3) is 5.91 Å². The van der Waals surface area contributed by atoms with E-state index in [0.717, 1.165) is 0 Å². The number of benzene rings is 2. The molecule has 1 aliphatic heterocycles. The Morgan fingerprint density at radius 1 is 1.07 bits per heavy atom. The molecule has 8 heteroatoms. The number of para-hydroxylation sites is 3. The Kier molecular flexibility index (Phi) is 6.38. The molecule has 27 heavy (non-hydrogen) atoms. The number of fused-ring (bicyclic) bond motifs is 1. The van der Waals surface area contributed by atoms with Crippen LogP contribution in [0.15, 0.2) is 48.5 Å². The van der Waals surface area contributed by atoms with Crippen molar-refractivity contribution in [2.45, 2.75) is 6.10 Å². The molecule has 0 radical (unpaired) electrons. The average molecular weight is 392 g/mol. The summed E-state index contributed by atoms with van der Waals surface area (Å²) in [7, 11) is 0. The molecule has 0 bridgehead atoms. The van der Waals surface area contributed by atoms with Gasteiger partial charge in [-0.25, -0.2) is 4.79 Å². The van der Waals surface area contributed by atoms with E-state index in [1.54, 1.807) is 30.3 Å². The molecular weight excluding hydrogens is 374 g/mol. The predicted molar refractivity (Wildman–Crippen MR) is 97.3 cm³/mol. The summed E-state index contributed by atoms with van der Waals surface area (Å²) >= 11 is 5.92. The van der Waals surface area contributed by atoms with Crippen LogP contribution in [0.5, 0.6) is 17.2 Å². The van der Waals surface area contributed by atoms with Gasteiger partial charge in [-0.2, -0.15) is 0 Å². The summed E-state index contributed by atoms with van der Waals surface area (Å²) in [5, 5.41) is 3.03. The first-order valence-corrected chi connectivity index (χ1v) is 8.68. The maximum atomic E-state index is 11.8. The molecule has 0 spiro atoms. The van der Waals surface area contributed by atoms with Gasteiger partial charge in [0.15, 0.2) is 24.7 Å². The number of hydrogen-bond donors (Lipinski definition) is 1. The maximum Gasteiger partial charge on any atom is 0.344 e. The van der Waals surface area contributed by atoms with Gasteiger partial charge in [-0.1, -0.05) is 35.9 Å². The highest BCUT2D eigenvalue weighted by Gasteiger charge is 2.21. The molecule has 0 saturated heterocycles. The lowest BCUT2D eigenvalue weighted by Crippen LogP contribution is -2.42. The second-order valence-corrected chi connectivity index (χ2v) is 6.09. The first kappa shape index (κ1) is 18.8. The van der Waals surface area contributed by atoms with Crippen molar-refractivity contribution in [2.24, 2.45) is 0 Å². The summed E-state index contributed by atoms with van der Waals surface area (Å²) in [5.74, 6) is 0.564. The van der Waals surface area contributed by atoms with E-state index in [1.165, 1.54) is 0 Å². The van der Waals surface area contributed by atoms with Crippen LogP contribution >= 0.6 is 11.6 Å². The fraction of sp³-hybridized carbons (Fsp3) is 0.263. The summed E-state index contributed by atoms with van der Waals surface area (Å²) in [6.45, 7) is -0.189. The fourth-order valence-corrected chi connectivity index (χ4v) is 2.52. The Labute approximate surface area is 161 Å². The molecule has 0 aliphatic carbocycles. The SMILES string of the molecule is O=C(COC(=O)COc1ccccc1Cl)NC[C@H]1COc2ccccc2O1. The molecule has 0 fully saturated rings. The first-order chi connectivity index (χ1) is 13.1. The third-order valence-corrected chi connectivity index (χ3v) is 3.95. The van der Waals surface area contributed by atoms with E-state index in [4.69, 9.17) is 30.5 Å². The largest absolute Gasteiger partial charge is 0.486 e. The van der Waals surface area contributed by atoms with Crippen molar-refractivity contribution in [3.63, 3.8) is 0 Å². The summed E-state index contributed by atoms with van der Waals surface area (Å²) in [5.41, 5.74) is 0. The Morgan fingerprint density at radius 2 is 1.81 bits per heavy atom. The minimum absolute atomic E-state index is 0.237. The third-order valence-electron chi connectivity index (χ3n) is 3.64. The van der Waals surface area contributed by atoms with E-state index < -0.39 is 18.5 Å². The van der Waals surface area contributed by atoms with Crippen molar-refractivity contribution in [1.82, 2.24) is 5.32 Å². The van der Waals surface area contributed by atoms with Gasteiger partial charge in [-0.3, -0.25) is 4.79 Å². The van der Waals surface area contributed by atoms with Gasteiger partial charge in [0.05, 0.1) is 11.6 Å². The minimum atomic E-state index is -0.670. The summed E-state index contributed by atoms with van der Waals surface area (Å²) in [6, 6.07) is 14.1. The van der Waals surface area contributed by atoms with Crippen molar-refractivity contribution in [2.75, 3.05) is 26.4 Å². The third kappa shape index (κ3) is 5.52. The standard InChI is InChI=1S/C19H18ClNO6/c20-14-5-1-2-6-15(14)25-12-19(23)26-11-18(22)21-9-13-10-24-16-7-3-4-8-17(16)27-13/h1-8,13H,9-12H2,(H,21,22)/t13-/m0/s1. The molecule has 3 rings (SSSR count). The number of hydrogen-bond acceptors (Lipinski definition) is 6. The van der Waals surface area contributed by atoms with E-state index in [-0.39, 0.29) is 19.3 Å². The van der Waals surface area contributed by atoms with Gasteiger partial charge in [-0.05, 0) is 24.3 Å². The van der Waals surface area contributed by atoms with Crippen LogP contribution in [-0.2, 0) is 14.3 Å². The van der Waals surface area contributed by atoms with Crippen molar-refractivity contribution in [3.05, 3.63) is 53.6 Å². The number of amides is 1. The Morgan fingerprint density at radius 3 is 2.63 bits per heavy atom. The second-order valence-electron chi connectivity index (χ2n) is 5.68. The molecule has 1 atom stereocenters. The number of carbonyl (C=O) groups is 2. The van der Waals surface area contributed by atoms with Gasteiger partial charge in [0.1, 0.15) is 18.5 Å². The van der Waals surface area contributed by atoms with Gasteiger partial charge in [0, 0.05) is 0 Å². The van der Waals surface area contributed by atoms with Crippen LogP contribution < -0.4 is 19.5 Å². The molecule has 0 saturated carbocycles. The summed E-state index contributed by atoms with van der Waals surface area (Å²) < 4.78 is 21.4. The van der Waals surface area contributed by atoms with Crippen molar-refractivity contribution in [1.29, 1.82) is 0 Å². The zero-order chi connectivity index (χ0) is 19.1. The van der Waals surface area contributed by atoms with Crippen LogP contribution in [0.25, 0.3) is 0 Å². The smallest absolute Gasteiger partial charge is 0.344 e. The van der Waals surface area contributed by atoms with Crippen molar-refractivity contribution >= 4 is 23.5 Å². The summed E-state index contributed by atoms with van der Waals surface area (Å²) in [6.07, 6.45) is -0.317. The van der Waals surface area contributed by atoms with E-state index in [1.807, 2.05) is 18.2 Å². The minimum Gasteiger partial charge on any atom is -0.486 e. The lowest BCUT2D eigenvalue weighted by Gasteiger charge is -2.26. The van der Waals surface area contributed by atoms with Crippen LogP contribution in [0, 0.1) is 0 Å². The van der Waals surface area contributed by atoms with Gasteiger partial charge >= 0.3 is 5.97 Å². The van der Waals surface area contributed by atoms with Crippen molar-refractivity contribution < 1.29 is 28.5 Å². The molecule has 1 amide bonds. The van der Waals surface area contributed by atoms with E-state index >= 15 is 0 Å². The van der Waals surface area contributed by atoms with E-state index in [2.05, 4.69) is 5.32 Å². The molecule has 1 aliphatic rings. The highest BCUT2D eigenvalue weighted by Crippen LogP contribution is 2.30. The summed E-state index contributed by atoms with van der Waals surface area (Å²) in [4.78, 5) is 23.5. The molecule has 1 N–H and O–H groups in total. The average Bonchev–Trinajstić information content (AvgIpc) is 2.70. The van der Waals surface area contributed by atoms with Crippen LogP contribution in [0.4, 0.5) is 0 Å². The first-order valence-electron chi connectivity index (χ1n) is 8.30. The zero-order valence-electron chi connectivity index (χ0n) is 14.4. The van der Waals surface area contributed by atoms with Gasteiger partial charge in [0.2, 0.25) is 0 Å². The van der Waals surface area contributed by atoms with Gasteiger partial charge < -0.3 is 24.3 Å². The maximum absolute atomic E-state index is 11.8. The monoisotopic (exact) mass is 391 g/mol. The highest BCUT2D eigenvalue weighted by atomic mass is 35.5. The molecule has 7 nitrogen and oxygen atoms in total. The lowest BCUT2D eigenvalue weighted by atomic mass is 10.2. The predicted octanol–water partition coefficient (Wildman–Crippen LogP) is 2.22. The molecule has 1 heterocycles. The topological polar surface area (TPSA) is 83.1 Å². The lowest BCUT2D eigenvalue weighted by molar-refractivity contribution is -0.150. The fourth-order valence-electron chi connectivity index (χ4n) is 2.33. The number of ether oxygens (including phenoxy) is 4. The molecule has 2 aromatic rings. The van der Waals surface area contributed by atoms with Gasteiger partial charge in [-0.15, -0.1) is 0 Å². The number of halogens is 1. The van der Waals surface area contributed by atoms with E-state index in [9.17, 15) is 9.59 Å². The van der Waals surface area contributed by atoms with Crippen LogP contribution in [0.1, 0.15) is 0 Å². The quantitative estimate of drug-likeness (QED) is 0.729. The number of rotatable bonds is 7. The van der Waals surface area contributed by atoms with Crippen LogP contribution in [-0.4, -0.2) is 44.3 Å². The van der Waals surface area contributed by atoms with Crippen LogP contribution in [0.3, 0.4) is 0 Å². The molecule has 2 aromatic carbocycles. The Balaban J connectivity index is 1.34. The molecule has 0 unspecified atom stereocenters. The van der Waals surface area contributed by atoms with Crippen molar-refractivity contribution in [3.8, 4) is 17.2 Å². The normalized spacial score (nSPS) is 14.9. The van der Waals surface area contributed by atoms with Crippen LogP contribution in [0.2, 0.25) is 5.02 Å². The number of nitrogens with one attached hydrogen (secondary N) is 1. The molecular formula is C19H18ClNO6. The Bertz CT molecular complexity index is 812. The van der Waals surface area contributed by atoms with E-state index in [0.29, 0.717) is 28.9 Å². The highest BCUT2D eigenvalue weighted by molar-refractivity contribution is 6.32. The Hall–Kier alpha value is -2.93. The molecule has 142 valence electrons. The molecule has 0 aromatic heterocycles.